The number of amides is 2. The fourth-order valence-corrected chi connectivity index (χ4v) is 6.00. The lowest BCUT2D eigenvalue weighted by Crippen LogP contribution is -2.48. The van der Waals surface area contributed by atoms with Gasteiger partial charge in [0.1, 0.15) is 0 Å². The summed E-state index contributed by atoms with van der Waals surface area (Å²) >= 11 is 7.23. The van der Waals surface area contributed by atoms with E-state index in [-0.39, 0.29) is 23.2 Å². The largest absolute Gasteiger partial charge is 0.366 e. The zero-order valence-electron chi connectivity index (χ0n) is 19.2. The number of thioether (sulfide) groups is 1. The fourth-order valence-electron chi connectivity index (χ4n) is 4.98. The molecule has 2 aliphatic rings. The molecule has 4 rings (SSSR count). The first-order valence-corrected chi connectivity index (χ1v) is 12.2. The molecule has 1 atom stereocenters. The van der Waals surface area contributed by atoms with Crippen molar-refractivity contribution in [1.29, 1.82) is 0 Å². The third kappa shape index (κ3) is 4.08. The number of halogens is 1. The van der Waals surface area contributed by atoms with Crippen LogP contribution in [-0.2, 0) is 11.3 Å². The number of hydrogen-bond donors (Lipinski definition) is 0. The van der Waals surface area contributed by atoms with Gasteiger partial charge in [-0.2, -0.15) is 0 Å². The molecule has 1 saturated heterocycles. The number of imide groups is 1. The third-order valence-electron chi connectivity index (χ3n) is 6.54. The number of benzene rings is 2. The van der Waals surface area contributed by atoms with Gasteiger partial charge in [0, 0.05) is 22.8 Å². The molecule has 0 radical (unpaired) electrons. The summed E-state index contributed by atoms with van der Waals surface area (Å²) in [5.41, 5.74) is 5.55. The molecule has 2 amide bonds. The van der Waals surface area contributed by atoms with Crippen molar-refractivity contribution in [3.05, 3.63) is 68.6 Å². The monoisotopic (exact) mass is 468 g/mol. The molecule has 1 fully saturated rings. The average molecular weight is 469 g/mol. The molecule has 4 nitrogen and oxygen atoms in total. The molecule has 0 unspecified atom stereocenters. The predicted molar refractivity (Wildman–Crippen MR) is 134 cm³/mol. The normalized spacial score (nSPS) is 21.4. The minimum atomic E-state index is -0.263. The number of carbonyl (C=O) groups excluding carboxylic acids is 2. The van der Waals surface area contributed by atoms with Crippen LogP contribution in [0.25, 0.3) is 6.08 Å². The summed E-state index contributed by atoms with van der Waals surface area (Å²) in [7, 11) is 0. The first-order chi connectivity index (χ1) is 15.1. The molecule has 168 valence electrons. The lowest BCUT2D eigenvalue weighted by Gasteiger charge is -2.47. The maximum atomic E-state index is 13.0. The summed E-state index contributed by atoms with van der Waals surface area (Å²) in [5.74, 6) is 0.159. The Hall–Kier alpha value is -2.24. The van der Waals surface area contributed by atoms with Crippen molar-refractivity contribution in [3.8, 4) is 0 Å². The van der Waals surface area contributed by atoms with E-state index < -0.39 is 0 Å². The molecular weight excluding hydrogens is 440 g/mol. The van der Waals surface area contributed by atoms with Gasteiger partial charge in [-0.25, -0.2) is 0 Å². The van der Waals surface area contributed by atoms with Gasteiger partial charge in [0.05, 0.1) is 11.4 Å². The quantitative estimate of drug-likeness (QED) is 0.453. The molecule has 2 aromatic carbocycles. The van der Waals surface area contributed by atoms with E-state index in [0.717, 1.165) is 41.4 Å². The number of nitrogens with zero attached hydrogens (tertiary/aromatic N) is 2. The van der Waals surface area contributed by atoms with Gasteiger partial charge in [-0.15, -0.1) is 0 Å². The lowest BCUT2D eigenvalue weighted by atomic mass is 9.79. The number of fused-ring (bicyclic) bond motifs is 1. The molecule has 0 aromatic heterocycles. The summed E-state index contributed by atoms with van der Waals surface area (Å²) in [4.78, 5) is 29.9. The van der Waals surface area contributed by atoms with Gasteiger partial charge in [0.25, 0.3) is 11.1 Å². The zero-order chi connectivity index (χ0) is 23.2. The van der Waals surface area contributed by atoms with Crippen LogP contribution >= 0.6 is 23.4 Å². The van der Waals surface area contributed by atoms with Crippen LogP contribution in [0.15, 0.2) is 41.3 Å². The number of anilines is 1. The molecule has 2 aromatic rings. The molecule has 0 bridgehead atoms. The van der Waals surface area contributed by atoms with Crippen molar-refractivity contribution in [1.82, 2.24) is 4.90 Å². The van der Waals surface area contributed by atoms with Crippen LogP contribution in [0.2, 0.25) is 5.02 Å². The highest BCUT2D eigenvalue weighted by Gasteiger charge is 2.37. The van der Waals surface area contributed by atoms with Crippen molar-refractivity contribution >= 4 is 46.3 Å². The molecule has 0 saturated carbocycles. The predicted octanol–water partition coefficient (Wildman–Crippen LogP) is 7.00. The number of aryl methyl sites for hydroxylation is 1. The van der Waals surface area contributed by atoms with Crippen molar-refractivity contribution < 1.29 is 9.59 Å². The highest BCUT2D eigenvalue weighted by atomic mass is 35.5. The molecule has 2 heterocycles. The molecule has 0 spiro atoms. The Labute approximate surface area is 199 Å². The molecular formula is C26H29ClN2O2S. The van der Waals surface area contributed by atoms with E-state index in [1.54, 1.807) is 6.07 Å². The van der Waals surface area contributed by atoms with Gasteiger partial charge in [-0.3, -0.25) is 14.5 Å². The van der Waals surface area contributed by atoms with E-state index in [2.05, 4.69) is 51.7 Å². The Morgan fingerprint density at radius 1 is 1.22 bits per heavy atom. The fraction of sp³-hybridized carbons (Fsp3) is 0.385. The molecule has 0 N–H and O–H groups in total. The Kier molecular flexibility index (Phi) is 6.17. The highest BCUT2D eigenvalue weighted by Crippen LogP contribution is 2.45. The smallest absolute Gasteiger partial charge is 0.293 e. The van der Waals surface area contributed by atoms with Crippen LogP contribution in [0.1, 0.15) is 62.3 Å². The van der Waals surface area contributed by atoms with Gasteiger partial charge in [0.15, 0.2) is 0 Å². The van der Waals surface area contributed by atoms with Crippen LogP contribution in [0.3, 0.4) is 0 Å². The van der Waals surface area contributed by atoms with E-state index >= 15 is 0 Å². The standard InChI is InChI=1S/C26H29ClN2O2S/c1-6-29-22-11-16(2)19(12-20(22)17(3)14-26(29,4)5)13-23-24(30)28(25(31)32-23)15-18-9-7-8-10-21(18)27/h7-13,17H,6,14-15H2,1-5H3/b23-13-/t17-/m1/s1. The lowest BCUT2D eigenvalue weighted by molar-refractivity contribution is -0.123. The summed E-state index contributed by atoms with van der Waals surface area (Å²) in [6, 6.07) is 11.7. The van der Waals surface area contributed by atoms with Crippen molar-refractivity contribution in [3.63, 3.8) is 0 Å². The Balaban J connectivity index is 1.66. The second kappa shape index (κ2) is 8.60. The first-order valence-electron chi connectivity index (χ1n) is 11.0. The van der Waals surface area contributed by atoms with Crippen LogP contribution in [0, 0.1) is 6.92 Å². The maximum Gasteiger partial charge on any atom is 0.293 e. The molecule has 32 heavy (non-hydrogen) atoms. The Morgan fingerprint density at radius 2 is 1.94 bits per heavy atom. The van der Waals surface area contributed by atoms with E-state index in [9.17, 15) is 9.59 Å². The Bertz CT molecular complexity index is 1120. The van der Waals surface area contributed by atoms with Crippen molar-refractivity contribution in [2.24, 2.45) is 0 Å². The number of hydrogen-bond acceptors (Lipinski definition) is 4. The van der Waals surface area contributed by atoms with Gasteiger partial charge in [0.2, 0.25) is 0 Å². The molecule has 6 heteroatoms. The minimum Gasteiger partial charge on any atom is -0.366 e. The Morgan fingerprint density at radius 3 is 2.62 bits per heavy atom. The van der Waals surface area contributed by atoms with E-state index in [1.807, 2.05) is 24.3 Å². The zero-order valence-corrected chi connectivity index (χ0v) is 20.8. The topological polar surface area (TPSA) is 40.6 Å². The number of carbonyl (C=O) groups is 2. The number of rotatable bonds is 4. The molecule has 2 aliphatic heterocycles. The summed E-state index contributed by atoms with van der Waals surface area (Å²) in [5, 5.41) is 0.294. The third-order valence-corrected chi connectivity index (χ3v) is 7.81. The van der Waals surface area contributed by atoms with Crippen LogP contribution in [0.5, 0.6) is 0 Å². The van der Waals surface area contributed by atoms with Gasteiger partial charge in [-0.05, 0) is 98.3 Å². The van der Waals surface area contributed by atoms with Gasteiger partial charge in [-0.1, -0.05) is 36.7 Å². The summed E-state index contributed by atoms with van der Waals surface area (Å²) in [6.45, 7) is 12.3. The van der Waals surface area contributed by atoms with E-state index in [1.165, 1.54) is 16.2 Å². The van der Waals surface area contributed by atoms with Crippen molar-refractivity contribution in [2.45, 2.75) is 59.0 Å². The summed E-state index contributed by atoms with van der Waals surface area (Å²) < 4.78 is 0. The SMILES string of the molecule is CCN1c2cc(C)c(/C=C3\SC(=O)N(Cc4ccccc4Cl)C3=O)cc2[C@H](C)CC1(C)C. The second-order valence-electron chi connectivity index (χ2n) is 9.29. The van der Waals surface area contributed by atoms with Crippen LogP contribution in [-0.4, -0.2) is 28.1 Å². The minimum absolute atomic E-state index is 0.108. The molecule has 0 aliphatic carbocycles. The van der Waals surface area contributed by atoms with Crippen LogP contribution < -0.4 is 4.90 Å². The van der Waals surface area contributed by atoms with E-state index in [0.29, 0.717) is 15.8 Å². The highest BCUT2D eigenvalue weighted by molar-refractivity contribution is 8.18. The van der Waals surface area contributed by atoms with E-state index in [4.69, 9.17) is 11.6 Å². The van der Waals surface area contributed by atoms with Gasteiger partial charge < -0.3 is 4.90 Å². The summed E-state index contributed by atoms with van der Waals surface area (Å²) in [6.07, 6.45) is 2.94. The van der Waals surface area contributed by atoms with Gasteiger partial charge >= 0.3 is 0 Å². The van der Waals surface area contributed by atoms with Crippen molar-refractivity contribution in [2.75, 3.05) is 11.4 Å². The first kappa shape index (κ1) is 22.9. The average Bonchev–Trinajstić information content (AvgIpc) is 2.98. The van der Waals surface area contributed by atoms with Crippen LogP contribution in [0.4, 0.5) is 10.5 Å². The maximum absolute atomic E-state index is 13.0. The second-order valence-corrected chi connectivity index (χ2v) is 10.7.